The molecule has 0 bridgehead atoms. The van der Waals surface area contributed by atoms with Crippen LogP contribution in [0.1, 0.15) is 24.0 Å². The lowest BCUT2D eigenvalue weighted by Crippen LogP contribution is -2.08. The largest absolute Gasteiger partial charge is 0.493 e. The minimum absolute atomic E-state index is 0.147. The fourth-order valence-corrected chi connectivity index (χ4v) is 2.34. The van der Waals surface area contributed by atoms with Crippen molar-refractivity contribution in [2.45, 2.75) is 19.8 Å². The van der Waals surface area contributed by atoms with Gasteiger partial charge in [-0.15, -0.1) is 11.6 Å². The van der Waals surface area contributed by atoms with Gasteiger partial charge in [0.2, 0.25) is 0 Å². The smallest absolute Gasteiger partial charge is 0.147 e. The number of benzene rings is 1. The molecule has 0 amide bonds. The third-order valence-corrected chi connectivity index (χ3v) is 3.76. The van der Waals surface area contributed by atoms with Crippen LogP contribution in [0.15, 0.2) is 18.2 Å². The van der Waals surface area contributed by atoms with Crippen LogP contribution in [-0.2, 0) is 9.84 Å². The van der Waals surface area contributed by atoms with E-state index in [1.165, 1.54) is 6.26 Å². The first kappa shape index (κ1) is 16.9. The van der Waals surface area contributed by atoms with Gasteiger partial charge in [-0.1, -0.05) is 11.8 Å². The number of hydrogen-bond donors (Lipinski definition) is 0. The summed E-state index contributed by atoms with van der Waals surface area (Å²) in [6, 6.07) is 5.70. The SMILES string of the molecule is Cc1cc(C#CCCCl)ccc1OCCCS(C)(=O)=O. The zero-order valence-corrected chi connectivity index (χ0v) is 13.4. The normalized spacial score (nSPS) is 10.8. The highest BCUT2D eigenvalue weighted by Gasteiger charge is 2.03. The molecule has 0 fully saturated rings. The summed E-state index contributed by atoms with van der Waals surface area (Å²) in [4.78, 5) is 0. The van der Waals surface area contributed by atoms with Gasteiger partial charge in [-0.3, -0.25) is 0 Å². The Labute approximate surface area is 126 Å². The summed E-state index contributed by atoms with van der Waals surface area (Å²) in [5.41, 5.74) is 1.91. The number of hydrogen-bond acceptors (Lipinski definition) is 3. The summed E-state index contributed by atoms with van der Waals surface area (Å²) >= 11 is 5.56. The molecule has 1 rings (SSSR count). The Hall–Kier alpha value is -1.18. The van der Waals surface area contributed by atoms with Gasteiger partial charge < -0.3 is 4.74 Å². The van der Waals surface area contributed by atoms with E-state index in [4.69, 9.17) is 16.3 Å². The Morgan fingerprint density at radius 2 is 2.10 bits per heavy atom. The molecule has 5 heteroatoms. The first-order chi connectivity index (χ1) is 9.42. The molecule has 0 aliphatic heterocycles. The summed E-state index contributed by atoms with van der Waals surface area (Å²) in [7, 11) is -2.92. The fraction of sp³-hybridized carbons (Fsp3) is 0.467. The Morgan fingerprint density at radius 1 is 1.35 bits per heavy atom. The lowest BCUT2D eigenvalue weighted by atomic mass is 10.1. The molecule has 0 aromatic heterocycles. The minimum Gasteiger partial charge on any atom is -0.493 e. The van der Waals surface area contributed by atoms with Crippen molar-refractivity contribution in [3.05, 3.63) is 29.3 Å². The summed E-state index contributed by atoms with van der Waals surface area (Å²) < 4.78 is 27.6. The van der Waals surface area contributed by atoms with Crippen LogP contribution in [0.5, 0.6) is 5.75 Å². The number of rotatable bonds is 6. The Bertz CT molecular complexity index is 597. The van der Waals surface area contributed by atoms with Crippen LogP contribution < -0.4 is 4.74 Å². The van der Waals surface area contributed by atoms with Gasteiger partial charge in [0.15, 0.2) is 0 Å². The van der Waals surface area contributed by atoms with E-state index < -0.39 is 9.84 Å². The highest BCUT2D eigenvalue weighted by molar-refractivity contribution is 7.90. The molecule has 0 unspecified atom stereocenters. The Balaban J connectivity index is 2.54. The second kappa shape index (κ2) is 8.18. The van der Waals surface area contributed by atoms with E-state index in [1.54, 1.807) is 0 Å². The van der Waals surface area contributed by atoms with Crippen LogP contribution in [0.4, 0.5) is 0 Å². The zero-order chi connectivity index (χ0) is 15.0. The molecule has 0 radical (unpaired) electrons. The number of halogens is 1. The number of alkyl halides is 1. The fourth-order valence-electron chi connectivity index (χ4n) is 1.60. The van der Waals surface area contributed by atoms with Gasteiger partial charge >= 0.3 is 0 Å². The van der Waals surface area contributed by atoms with E-state index in [9.17, 15) is 8.42 Å². The van der Waals surface area contributed by atoms with Crippen LogP contribution in [0, 0.1) is 18.8 Å². The van der Waals surface area contributed by atoms with E-state index in [2.05, 4.69) is 11.8 Å². The van der Waals surface area contributed by atoms with Crippen molar-refractivity contribution in [3.8, 4) is 17.6 Å². The molecule has 0 atom stereocenters. The topological polar surface area (TPSA) is 43.4 Å². The molecule has 0 saturated heterocycles. The van der Waals surface area contributed by atoms with E-state index in [0.717, 1.165) is 16.9 Å². The Kier molecular flexibility index (Phi) is 6.90. The first-order valence-corrected chi connectivity index (χ1v) is 8.98. The molecule has 0 aliphatic carbocycles. The van der Waals surface area contributed by atoms with Crippen LogP contribution in [0.3, 0.4) is 0 Å². The molecule has 1 aromatic carbocycles. The van der Waals surface area contributed by atoms with Crippen molar-refractivity contribution in [2.24, 2.45) is 0 Å². The zero-order valence-electron chi connectivity index (χ0n) is 11.8. The van der Waals surface area contributed by atoms with Crippen LogP contribution in [0.25, 0.3) is 0 Å². The molecule has 0 saturated carbocycles. The average Bonchev–Trinajstić information content (AvgIpc) is 2.36. The first-order valence-electron chi connectivity index (χ1n) is 6.38. The maximum atomic E-state index is 11.0. The predicted molar refractivity (Wildman–Crippen MR) is 83.2 cm³/mol. The van der Waals surface area contributed by atoms with Crippen molar-refractivity contribution in [2.75, 3.05) is 24.5 Å². The van der Waals surface area contributed by atoms with Crippen molar-refractivity contribution in [1.29, 1.82) is 0 Å². The molecule has 20 heavy (non-hydrogen) atoms. The number of sulfone groups is 1. The van der Waals surface area contributed by atoms with Gasteiger partial charge in [0.1, 0.15) is 15.6 Å². The number of aryl methyl sites for hydroxylation is 1. The lowest BCUT2D eigenvalue weighted by Gasteiger charge is -2.09. The second-order valence-corrected chi connectivity index (χ2v) is 7.19. The van der Waals surface area contributed by atoms with Crippen LogP contribution in [0.2, 0.25) is 0 Å². The van der Waals surface area contributed by atoms with Gasteiger partial charge in [-0.05, 0) is 37.1 Å². The van der Waals surface area contributed by atoms with Gasteiger partial charge in [0.05, 0.1) is 12.4 Å². The van der Waals surface area contributed by atoms with E-state index in [0.29, 0.717) is 25.3 Å². The molecule has 0 aliphatic rings. The third kappa shape index (κ3) is 6.83. The molecule has 110 valence electrons. The van der Waals surface area contributed by atoms with Crippen molar-refractivity contribution in [1.82, 2.24) is 0 Å². The molecular weight excluding hydrogens is 296 g/mol. The summed E-state index contributed by atoms with van der Waals surface area (Å²) in [6.07, 6.45) is 2.40. The molecule has 0 N–H and O–H groups in total. The summed E-state index contributed by atoms with van der Waals surface area (Å²) in [6.45, 7) is 2.34. The minimum atomic E-state index is -2.92. The van der Waals surface area contributed by atoms with Crippen molar-refractivity contribution >= 4 is 21.4 Å². The number of ether oxygens (including phenoxy) is 1. The molecule has 3 nitrogen and oxygen atoms in total. The summed E-state index contributed by atoms with van der Waals surface area (Å²) in [5, 5.41) is 0. The van der Waals surface area contributed by atoms with Crippen molar-refractivity contribution < 1.29 is 13.2 Å². The Morgan fingerprint density at radius 3 is 2.70 bits per heavy atom. The van der Waals surface area contributed by atoms with Gasteiger partial charge in [-0.2, -0.15) is 0 Å². The standard InChI is InChI=1S/C15H19ClO3S/c1-13-12-14(6-3-4-9-16)7-8-15(13)19-10-5-11-20(2,17)18/h7-8,12H,4-5,9-11H2,1-2H3. The van der Waals surface area contributed by atoms with E-state index in [1.807, 2.05) is 25.1 Å². The highest BCUT2D eigenvalue weighted by Crippen LogP contribution is 2.19. The molecular formula is C15H19ClO3S. The van der Waals surface area contributed by atoms with Crippen LogP contribution >= 0.6 is 11.6 Å². The van der Waals surface area contributed by atoms with Gasteiger partial charge in [0, 0.05) is 24.1 Å². The predicted octanol–water partition coefficient (Wildman–Crippen LogP) is 2.79. The molecule has 1 aromatic rings. The van der Waals surface area contributed by atoms with Crippen LogP contribution in [-0.4, -0.2) is 32.9 Å². The average molecular weight is 315 g/mol. The van der Waals surface area contributed by atoms with Crippen molar-refractivity contribution in [3.63, 3.8) is 0 Å². The second-order valence-electron chi connectivity index (χ2n) is 4.55. The van der Waals surface area contributed by atoms with Gasteiger partial charge in [-0.25, -0.2) is 8.42 Å². The lowest BCUT2D eigenvalue weighted by molar-refractivity contribution is 0.315. The third-order valence-electron chi connectivity index (χ3n) is 2.54. The van der Waals surface area contributed by atoms with E-state index >= 15 is 0 Å². The van der Waals surface area contributed by atoms with E-state index in [-0.39, 0.29) is 5.75 Å². The van der Waals surface area contributed by atoms with Gasteiger partial charge in [0.25, 0.3) is 0 Å². The maximum Gasteiger partial charge on any atom is 0.147 e. The maximum absolute atomic E-state index is 11.0. The summed E-state index contributed by atoms with van der Waals surface area (Å²) in [5.74, 6) is 7.46. The highest BCUT2D eigenvalue weighted by atomic mass is 35.5. The monoisotopic (exact) mass is 314 g/mol. The molecule has 0 heterocycles. The molecule has 0 spiro atoms. The quantitative estimate of drug-likeness (QED) is 0.461.